The molecule has 2 rings (SSSR count). The molecule has 7 heteroatoms. The second kappa shape index (κ2) is 4.52. The number of carbonyl (C=O) groups excluding carboxylic acids is 1. The van der Waals surface area contributed by atoms with E-state index >= 15 is 0 Å². The Labute approximate surface area is 99.6 Å². The van der Waals surface area contributed by atoms with Gasteiger partial charge in [-0.25, -0.2) is 15.6 Å². The van der Waals surface area contributed by atoms with Gasteiger partial charge in [0.25, 0.3) is 0 Å². The van der Waals surface area contributed by atoms with Gasteiger partial charge in [0, 0.05) is 6.54 Å². The number of nitrogens with two attached hydrogens (primary N) is 2. The predicted octanol–water partition coefficient (Wildman–Crippen LogP) is -0.715. The van der Waals surface area contributed by atoms with Gasteiger partial charge in [0.2, 0.25) is 0 Å². The lowest BCUT2D eigenvalue weighted by atomic mass is 10.2. The first-order valence-corrected chi connectivity index (χ1v) is 5.61. The SMILES string of the molecule is CC1=C(N)N(N)C(=O)N([C@H]2CC[C@@H](CO)O2)C1. The zero-order valence-electron chi connectivity index (χ0n) is 9.80. The molecule has 2 atom stereocenters. The van der Waals surface area contributed by atoms with E-state index in [1.807, 2.05) is 6.92 Å². The van der Waals surface area contributed by atoms with E-state index in [2.05, 4.69) is 0 Å². The Kier molecular flexibility index (Phi) is 3.23. The highest BCUT2D eigenvalue weighted by Crippen LogP contribution is 2.26. The quantitative estimate of drug-likeness (QED) is 0.438. The Bertz CT molecular complexity index is 357. The van der Waals surface area contributed by atoms with Gasteiger partial charge in [0.05, 0.1) is 12.7 Å². The Morgan fingerprint density at radius 2 is 2.24 bits per heavy atom. The molecule has 0 unspecified atom stereocenters. The highest BCUT2D eigenvalue weighted by atomic mass is 16.5. The van der Waals surface area contributed by atoms with Crippen molar-refractivity contribution in [3.63, 3.8) is 0 Å². The van der Waals surface area contributed by atoms with E-state index in [0.717, 1.165) is 17.0 Å². The van der Waals surface area contributed by atoms with Crippen molar-refractivity contribution in [3.05, 3.63) is 11.4 Å². The zero-order valence-corrected chi connectivity index (χ0v) is 9.80. The van der Waals surface area contributed by atoms with Crippen molar-refractivity contribution in [2.75, 3.05) is 13.2 Å². The van der Waals surface area contributed by atoms with Crippen LogP contribution in [0.3, 0.4) is 0 Å². The molecule has 1 saturated heterocycles. The van der Waals surface area contributed by atoms with Crippen molar-refractivity contribution in [1.82, 2.24) is 9.91 Å². The Morgan fingerprint density at radius 1 is 1.53 bits per heavy atom. The van der Waals surface area contributed by atoms with Crippen LogP contribution in [0.2, 0.25) is 0 Å². The van der Waals surface area contributed by atoms with Gasteiger partial charge in [-0.3, -0.25) is 4.90 Å². The number of aliphatic hydroxyl groups is 1. The van der Waals surface area contributed by atoms with Crippen LogP contribution in [0.25, 0.3) is 0 Å². The fourth-order valence-corrected chi connectivity index (χ4v) is 2.13. The summed E-state index contributed by atoms with van der Waals surface area (Å²) in [6.45, 7) is 2.22. The molecule has 5 N–H and O–H groups in total. The molecule has 7 nitrogen and oxygen atoms in total. The maximum atomic E-state index is 11.9. The van der Waals surface area contributed by atoms with Crippen molar-refractivity contribution in [3.8, 4) is 0 Å². The lowest BCUT2D eigenvalue weighted by Crippen LogP contribution is -2.56. The van der Waals surface area contributed by atoms with Crippen molar-refractivity contribution < 1.29 is 14.6 Å². The number of rotatable bonds is 2. The molecule has 0 aromatic heterocycles. The minimum absolute atomic E-state index is 0.0260. The van der Waals surface area contributed by atoms with Gasteiger partial charge in [0.15, 0.2) is 0 Å². The molecule has 1 fully saturated rings. The molecule has 96 valence electrons. The van der Waals surface area contributed by atoms with Crippen molar-refractivity contribution in [2.24, 2.45) is 11.6 Å². The summed E-state index contributed by atoms with van der Waals surface area (Å²) < 4.78 is 5.56. The van der Waals surface area contributed by atoms with Crippen molar-refractivity contribution >= 4 is 6.03 Å². The van der Waals surface area contributed by atoms with Crippen molar-refractivity contribution in [2.45, 2.75) is 32.1 Å². The first-order valence-electron chi connectivity index (χ1n) is 5.61. The molecule has 0 spiro atoms. The summed E-state index contributed by atoms with van der Waals surface area (Å²) >= 11 is 0. The number of urea groups is 1. The van der Waals surface area contributed by atoms with Crippen LogP contribution in [0.4, 0.5) is 4.79 Å². The largest absolute Gasteiger partial charge is 0.394 e. The van der Waals surface area contributed by atoms with Crippen LogP contribution in [0.1, 0.15) is 19.8 Å². The molecule has 0 aromatic carbocycles. The van der Waals surface area contributed by atoms with Gasteiger partial charge < -0.3 is 15.6 Å². The maximum Gasteiger partial charge on any atom is 0.342 e. The zero-order chi connectivity index (χ0) is 12.6. The molecule has 2 heterocycles. The normalized spacial score (nSPS) is 30.4. The summed E-state index contributed by atoms with van der Waals surface area (Å²) in [7, 11) is 0. The molecule has 0 aliphatic carbocycles. The summed E-state index contributed by atoms with van der Waals surface area (Å²) in [4.78, 5) is 13.5. The number of nitrogens with zero attached hydrogens (tertiary/aromatic N) is 2. The average molecular weight is 242 g/mol. The fraction of sp³-hybridized carbons (Fsp3) is 0.700. The van der Waals surface area contributed by atoms with Crippen LogP contribution in [-0.2, 0) is 4.74 Å². The Balaban J connectivity index is 2.11. The van der Waals surface area contributed by atoms with Gasteiger partial charge in [0.1, 0.15) is 12.0 Å². The van der Waals surface area contributed by atoms with Crippen LogP contribution >= 0.6 is 0 Å². The maximum absolute atomic E-state index is 11.9. The highest BCUT2D eigenvalue weighted by Gasteiger charge is 2.37. The number of carbonyl (C=O) groups is 1. The third-order valence-corrected chi connectivity index (χ3v) is 3.19. The molecule has 2 amide bonds. The van der Waals surface area contributed by atoms with Crippen LogP contribution in [0.15, 0.2) is 11.4 Å². The van der Waals surface area contributed by atoms with Gasteiger partial charge in [-0.05, 0) is 25.3 Å². The molecule has 2 aliphatic rings. The minimum atomic E-state index is -0.364. The highest BCUT2D eigenvalue weighted by molar-refractivity contribution is 5.77. The van der Waals surface area contributed by atoms with Crippen LogP contribution in [0, 0.1) is 0 Å². The first-order chi connectivity index (χ1) is 8.04. The van der Waals surface area contributed by atoms with Gasteiger partial charge in [-0.2, -0.15) is 0 Å². The Morgan fingerprint density at radius 3 is 2.82 bits per heavy atom. The van der Waals surface area contributed by atoms with Crippen LogP contribution in [0.5, 0.6) is 0 Å². The van der Waals surface area contributed by atoms with Gasteiger partial charge in [-0.1, -0.05) is 0 Å². The van der Waals surface area contributed by atoms with Gasteiger partial charge >= 0.3 is 6.03 Å². The molecule has 0 saturated carbocycles. The monoisotopic (exact) mass is 242 g/mol. The lowest BCUT2D eigenvalue weighted by molar-refractivity contribution is -0.0539. The number of aliphatic hydroxyl groups excluding tert-OH is 1. The van der Waals surface area contributed by atoms with E-state index in [1.165, 1.54) is 0 Å². The molecule has 17 heavy (non-hydrogen) atoms. The van der Waals surface area contributed by atoms with E-state index in [4.69, 9.17) is 21.4 Å². The smallest absolute Gasteiger partial charge is 0.342 e. The number of amides is 2. The molecular weight excluding hydrogens is 224 g/mol. The Hall–Kier alpha value is -1.31. The summed E-state index contributed by atoms with van der Waals surface area (Å²) in [5.41, 5.74) is 6.52. The molecular formula is C10H18N4O3. The van der Waals surface area contributed by atoms with E-state index in [-0.39, 0.29) is 25.0 Å². The average Bonchev–Trinajstić information content (AvgIpc) is 2.79. The third kappa shape index (κ3) is 2.08. The summed E-state index contributed by atoms with van der Waals surface area (Å²) in [6.07, 6.45) is 0.933. The molecule has 0 bridgehead atoms. The van der Waals surface area contributed by atoms with Gasteiger partial charge in [-0.15, -0.1) is 0 Å². The summed E-state index contributed by atoms with van der Waals surface area (Å²) in [5, 5.41) is 9.94. The number of hydrogen-bond donors (Lipinski definition) is 3. The summed E-state index contributed by atoms with van der Waals surface area (Å²) in [6, 6.07) is -0.364. The molecule has 2 aliphatic heterocycles. The summed E-state index contributed by atoms with van der Waals surface area (Å²) in [5.74, 6) is 5.89. The second-order valence-electron chi connectivity index (χ2n) is 4.42. The minimum Gasteiger partial charge on any atom is -0.394 e. The molecule has 0 aromatic rings. The van der Waals surface area contributed by atoms with Crippen LogP contribution in [-0.4, -0.2) is 46.5 Å². The third-order valence-electron chi connectivity index (χ3n) is 3.19. The predicted molar refractivity (Wildman–Crippen MR) is 60.0 cm³/mol. The van der Waals surface area contributed by atoms with E-state index in [1.54, 1.807) is 4.90 Å². The standard InChI is InChI=1S/C10H18N4O3/c1-6-4-13(10(16)14(12)9(6)11)8-3-2-7(5-15)17-8/h7-8,15H,2-5,11-12H2,1H3/t7-,8+/m0/s1. The number of ether oxygens (including phenoxy) is 1. The fourth-order valence-electron chi connectivity index (χ4n) is 2.13. The van der Waals surface area contributed by atoms with E-state index in [9.17, 15) is 4.79 Å². The van der Waals surface area contributed by atoms with E-state index < -0.39 is 0 Å². The number of hydrogen-bond acceptors (Lipinski definition) is 5. The lowest BCUT2D eigenvalue weighted by Gasteiger charge is -2.36. The first kappa shape index (κ1) is 12.2. The number of hydrazine groups is 1. The van der Waals surface area contributed by atoms with Crippen molar-refractivity contribution in [1.29, 1.82) is 0 Å². The van der Waals surface area contributed by atoms with E-state index in [0.29, 0.717) is 18.8 Å². The van der Waals surface area contributed by atoms with Crippen LogP contribution < -0.4 is 11.6 Å². The molecule has 0 radical (unpaired) electrons. The topological polar surface area (TPSA) is 105 Å². The second-order valence-corrected chi connectivity index (χ2v) is 4.42.